The van der Waals surface area contributed by atoms with E-state index in [-0.39, 0.29) is 118 Å². The van der Waals surface area contributed by atoms with Crippen LogP contribution in [0.4, 0.5) is 0 Å². The summed E-state index contributed by atoms with van der Waals surface area (Å²) in [5.74, 6) is -14.8. The van der Waals surface area contributed by atoms with Gasteiger partial charge in [0.25, 0.3) is 0 Å². The van der Waals surface area contributed by atoms with Crippen LogP contribution < -0.4 is 139 Å². The summed E-state index contributed by atoms with van der Waals surface area (Å²) in [6.07, 6.45) is 70.1. The normalized spacial score (nSPS) is 12.4. The van der Waals surface area contributed by atoms with Crippen LogP contribution in [0.2, 0.25) is 0 Å². The number of hydrogen-bond donors (Lipinski definition) is 8. The number of rotatable bonds is 76. The molecule has 20 nitrogen and oxygen atoms in total. The first-order valence-corrected chi connectivity index (χ1v) is 43.8. The molecule has 0 aliphatic rings. The molecule has 4 unspecified atom stereocenters. The Kier molecular flexibility index (Phi) is 98.8. The molecule has 0 bridgehead atoms. The van der Waals surface area contributed by atoms with E-state index < -0.39 is 120 Å². The van der Waals surface area contributed by atoms with Crippen molar-refractivity contribution in [2.45, 2.75) is 441 Å². The largest absolute Gasteiger partial charge is 1.00 e. The maximum Gasteiger partial charge on any atom is 1.00 e. The Morgan fingerprint density at radius 1 is 0.188 bits per heavy atom. The SMILES string of the molecule is CCCCCCCCCCCCCCCCC(C[O-])C(C)(C(=O)O)C(=O)O.CCCCCCCCCCCCCCCCC(C[O-])C(C)(C(=O)O)C(=O)O.CCCCCCCCCCCCCCCCC(C[O-])C(C)(C(=O)O)C(=O)O.CCCCCCCCCCCCCCCCC(C[O-])C(C)(C(=O)O)C(=O)O.[Na+].[Na+].[Na+].[Na+]. The molecule has 0 rings (SSSR count). The molecular weight excluding hydrogens is 1470 g/mol. The molecule has 0 aromatic carbocycles. The molecule has 0 amide bonds. The molecule has 112 heavy (non-hydrogen) atoms. The van der Waals surface area contributed by atoms with Gasteiger partial charge in [0.2, 0.25) is 0 Å². The first kappa shape index (κ1) is 127. The molecule has 4 atom stereocenters. The summed E-state index contributed by atoms with van der Waals surface area (Å²) in [5.41, 5.74) is -7.90. The first-order valence-electron chi connectivity index (χ1n) is 43.8. The zero-order valence-electron chi connectivity index (χ0n) is 74.0. The van der Waals surface area contributed by atoms with E-state index in [0.29, 0.717) is 25.7 Å². The first-order chi connectivity index (χ1) is 51.6. The summed E-state index contributed by atoms with van der Waals surface area (Å²) < 4.78 is 0. The van der Waals surface area contributed by atoms with Gasteiger partial charge >= 0.3 is 166 Å². The van der Waals surface area contributed by atoms with Gasteiger partial charge in [-0.15, -0.1) is 26.4 Å². The number of carboxylic acid groups (broad SMARTS) is 8. The van der Waals surface area contributed by atoms with E-state index in [2.05, 4.69) is 27.7 Å². The van der Waals surface area contributed by atoms with Gasteiger partial charge < -0.3 is 61.3 Å². The Balaban J connectivity index is -0.000000212. The van der Waals surface area contributed by atoms with Crippen LogP contribution in [0, 0.1) is 45.3 Å². The number of unbranched alkanes of at least 4 members (excludes halogenated alkanes) is 52. The van der Waals surface area contributed by atoms with Gasteiger partial charge in [-0.2, -0.15) is 0 Å². The third kappa shape index (κ3) is 62.7. The van der Waals surface area contributed by atoms with E-state index in [4.69, 9.17) is 0 Å². The predicted octanol–water partition coefficient (Wildman–Crippen LogP) is 8.06. The van der Waals surface area contributed by atoms with Gasteiger partial charge in [-0.25, -0.2) is 0 Å². The number of hydrogen-bond acceptors (Lipinski definition) is 12. The fourth-order valence-electron chi connectivity index (χ4n) is 14.3. The number of aliphatic carboxylic acids is 8. The Bertz CT molecular complexity index is 1840. The van der Waals surface area contributed by atoms with E-state index in [9.17, 15) is 99.6 Å². The topological polar surface area (TPSA) is 391 Å². The zero-order chi connectivity index (χ0) is 82.2. The van der Waals surface area contributed by atoms with Crippen molar-refractivity contribution in [2.75, 3.05) is 26.4 Å². The minimum absolute atomic E-state index is 0. The van der Waals surface area contributed by atoms with Crippen LogP contribution in [0.3, 0.4) is 0 Å². The van der Waals surface area contributed by atoms with Crippen LogP contribution in [-0.4, -0.2) is 115 Å². The van der Waals surface area contributed by atoms with Crippen LogP contribution in [0.25, 0.3) is 0 Å². The molecule has 0 fully saturated rings. The van der Waals surface area contributed by atoms with Crippen molar-refractivity contribution in [1.82, 2.24) is 0 Å². The second-order valence-electron chi connectivity index (χ2n) is 32.2. The van der Waals surface area contributed by atoms with Gasteiger partial charge in [0.15, 0.2) is 21.7 Å². The molecular formula is C88H164Na4O20. The predicted molar refractivity (Wildman–Crippen MR) is 427 cm³/mol. The van der Waals surface area contributed by atoms with Crippen molar-refractivity contribution >= 4 is 47.8 Å². The second kappa shape index (κ2) is 87.0. The summed E-state index contributed by atoms with van der Waals surface area (Å²) in [6, 6.07) is 0. The molecule has 0 heterocycles. The van der Waals surface area contributed by atoms with Gasteiger partial charge in [-0.3, -0.25) is 38.4 Å². The number of carboxylic acids is 8. The monoisotopic (exact) mass is 1630 g/mol. The molecule has 0 saturated heterocycles. The summed E-state index contributed by atoms with van der Waals surface area (Å²) in [5, 5.41) is 119. The van der Waals surface area contributed by atoms with Crippen molar-refractivity contribution in [1.29, 1.82) is 0 Å². The molecule has 640 valence electrons. The van der Waals surface area contributed by atoms with E-state index in [1.807, 2.05) is 0 Å². The molecule has 0 spiro atoms. The molecule has 0 aromatic heterocycles. The standard InChI is InChI=1S/4C22H41O5.4Na/c4*1-3-4-5-6-7-8-9-10-11-12-13-14-15-16-17-19(18-23)22(2,20(24)25)21(26)27;;;;/h4*19H,3-18H2,1-2H3,(H,24,25)(H,26,27);;;;/q4*-1;4*+1. The molecule has 0 radical (unpaired) electrons. The quantitative estimate of drug-likeness (QED) is 0.0162. The van der Waals surface area contributed by atoms with E-state index in [0.717, 1.165) is 130 Å². The average molecular weight is 1630 g/mol. The molecule has 0 saturated carbocycles. The third-order valence-electron chi connectivity index (χ3n) is 23.2. The minimum Gasteiger partial charge on any atom is -0.854 e. The van der Waals surface area contributed by atoms with Crippen molar-refractivity contribution in [3.8, 4) is 0 Å². The van der Waals surface area contributed by atoms with Gasteiger partial charge in [-0.1, -0.05) is 413 Å². The summed E-state index contributed by atoms with van der Waals surface area (Å²) >= 11 is 0. The summed E-state index contributed by atoms with van der Waals surface area (Å²) in [7, 11) is 0. The Hall–Kier alpha value is -0.400. The Labute approximate surface area is 770 Å². The smallest absolute Gasteiger partial charge is 0.854 e. The third-order valence-corrected chi connectivity index (χ3v) is 23.2. The minimum atomic E-state index is -1.97. The van der Waals surface area contributed by atoms with Crippen LogP contribution >= 0.6 is 0 Å². The average Bonchev–Trinajstić information content (AvgIpc) is 0.839. The van der Waals surface area contributed by atoms with E-state index in [1.165, 1.54) is 257 Å². The Morgan fingerprint density at radius 2 is 0.268 bits per heavy atom. The van der Waals surface area contributed by atoms with Gasteiger partial charge in [0.05, 0.1) is 0 Å². The summed E-state index contributed by atoms with van der Waals surface area (Å²) in [4.78, 5) is 90.3. The van der Waals surface area contributed by atoms with Crippen molar-refractivity contribution in [3.05, 3.63) is 0 Å². The van der Waals surface area contributed by atoms with Gasteiger partial charge in [0.1, 0.15) is 0 Å². The summed E-state index contributed by atoms with van der Waals surface area (Å²) in [6.45, 7) is 11.0. The fraction of sp³-hybridized carbons (Fsp3) is 0.909. The van der Waals surface area contributed by atoms with Crippen molar-refractivity contribution in [2.24, 2.45) is 45.3 Å². The van der Waals surface area contributed by atoms with Crippen LogP contribution in [0.5, 0.6) is 0 Å². The maximum absolute atomic E-state index is 11.3. The van der Waals surface area contributed by atoms with E-state index >= 15 is 0 Å². The van der Waals surface area contributed by atoms with Crippen molar-refractivity contribution < 1.29 is 218 Å². The molecule has 8 N–H and O–H groups in total. The van der Waals surface area contributed by atoms with Crippen molar-refractivity contribution in [3.63, 3.8) is 0 Å². The Morgan fingerprint density at radius 3 is 0.339 bits per heavy atom. The second-order valence-corrected chi connectivity index (χ2v) is 32.2. The molecule has 0 aromatic rings. The zero-order valence-corrected chi connectivity index (χ0v) is 82.0. The molecule has 24 heteroatoms. The van der Waals surface area contributed by atoms with Crippen LogP contribution in [0.15, 0.2) is 0 Å². The van der Waals surface area contributed by atoms with Gasteiger partial charge in [-0.05, 0) is 51.4 Å². The molecule has 0 aliphatic carbocycles. The fourth-order valence-corrected chi connectivity index (χ4v) is 14.3. The van der Waals surface area contributed by atoms with Crippen LogP contribution in [0.1, 0.15) is 441 Å². The maximum atomic E-state index is 11.3. The van der Waals surface area contributed by atoms with E-state index in [1.54, 1.807) is 0 Å². The van der Waals surface area contributed by atoms with Crippen LogP contribution in [-0.2, 0) is 38.4 Å². The van der Waals surface area contributed by atoms with Gasteiger partial charge in [0, 0.05) is 0 Å². The number of carbonyl (C=O) groups is 8. The molecule has 0 aliphatic heterocycles.